The third-order valence-corrected chi connectivity index (χ3v) is 9.65. The topological polar surface area (TPSA) is 95.0 Å². The number of hydrogen-bond acceptors (Lipinski definition) is 6. The molecule has 1 aliphatic heterocycles. The van der Waals surface area contributed by atoms with Crippen LogP contribution in [0.4, 0.5) is 24.5 Å². The Balaban J connectivity index is 1.23. The van der Waals surface area contributed by atoms with E-state index in [-0.39, 0.29) is 29.0 Å². The van der Waals surface area contributed by atoms with Gasteiger partial charge in [-0.25, -0.2) is 8.42 Å². The average Bonchev–Trinajstić information content (AvgIpc) is 3.02. The summed E-state index contributed by atoms with van der Waals surface area (Å²) in [5.74, 6) is 0.0461. The highest BCUT2D eigenvalue weighted by molar-refractivity contribution is 7.92. The van der Waals surface area contributed by atoms with E-state index < -0.39 is 21.8 Å². The quantitative estimate of drug-likeness (QED) is 0.283. The highest BCUT2D eigenvalue weighted by Gasteiger charge is 2.34. The van der Waals surface area contributed by atoms with Gasteiger partial charge in [-0.15, -0.1) is 0 Å². The van der Waals surface area contributed by atoms with Crippen LogP contribution < -0.4 is 4.72 Å². The van der Waals surface area contributed by atoms with Gasteiger partial charge < -0.3 is 4.90 Å². The van der Waals surface area contributed by atoms with Crippen molar-refractivity contribution in [3.63, 3.8) is 0 Å². The van der Waals surface area contributed by atoms with Crippen molar-refractivity contribution in [2.75, 3.05) is 30.9 Å². The van der Waals surface area contributed by atoms with Crippen LogP contribution in [0.15, 0.2) is 70.7 Å². The van der Waals surface area contributed by atoms with Gasteiger partial charge in [-0.3, -0.25) is 24.4 Å². The number of sulfonamides is 1. The van der Waals surface area contributed by atoms with E-state index in [4.69, 9.17) is 0 Å². The standard InChI is InChI=1S/C32H36F3N5O3S/c1-2-36-30-26(23-8-4-3-5-9-23)10-6-12-29(30)44(42,43)38-25-15-13-24(14-16-25)31(41)40-20-18-39(19-21-40)22-28-27(32(33,34)35)11-7-17-37-28/h2,6-7,10-17,23,38H,3-5,8-9,18-22H2,1H3. The van der Waals surface area contributed by atoms with Crippen LogP contribution >= 0.6 is 0 Å². The van der Waals surface area contributed by atoms with Crippen molar-refractivity contribution in [2.24, 2.45) is 4.99 Å². The SMILES string of the molecule is CC=Nc1c(C2CCCCC2)cccc1S(=O)(=O)Nc1ccc(C(=O)N2CCN(Cc3ncccc3C(F)(F)F)CC2)cc1. The number of nitrogens with one attached hydrogen (secondary N) is 1. The lowest BCUT2D eigenvalue weighted by molar-refractivity contribution is -0.138. The third-order valence-electron chi connectivity index (χ3n) is 8.24. The highest BCUT2D eigenvalue weighted by Crippen LogP contribution is 2.41. The molecule has 234 valence electrons. The zero-order chi connectivity index (χ0) is 31.3. The summed E-state index contributed by atoms with van der Waals surface area (Å²) in [5, 5.41) is 0. The van der Waals surface area contributed by atoms with Crippen LogP contribution in [-0.4, -0.2) is 61.5 Å². The number of hydrogen-bond donors (Lipinski definition) is 1. The molecule has 0 radical (unpaired) electrons. The molecule has 1 saturated carbocycles. The van der Waals surface area contributed by atoms with Gasteiger partial charge in [0.15, 0.2) is 0 Å². The summed E-state index contributed by atoms with van der Waals surface area (Å²) in [6.45, 7) is 3.31. The Kier molecular flexibility index (Phi) is 9.69. The molecular weight excluding hydrogens is 591 g/mol. The van der Waals surface area contributed by atoms with Crippen molar-refractivity contribution >= 4 is 33.5 Å². The van der Waals surface area contributed by atoms with Gasteiger partial charge in [0.2, 0.25) is 0 Å². The Hall–Kier alpha value is -3.77. The molecule has 1 saturated heterocycles. The summed E-state index contributed by atoms with van der Waals surface area (Å²) in [4.78, 5) is 25.2. The molecule has 8 nitrogen and oxygen atoms in total. The van der Waals surface area contributed by atoms with E-state index in [9.17, 15) is 26.4 Å². The molecule has 2 aliphatic rings. The smallest absolute Gasteiger partial charge is 0.336 e. The number of anilines is 1. The lowest BCUT2D eigenvalue weighted by Gasteiger charge is -2.35. The number of aliphatic imine (C=N–C) groups is 1. The lowest BCUT2D eigenvalue weighted by Crippen LogP contribution is -2.48. The number of pyridine rings is 1. The summed E-state index contributed by atoms with van der Waals surface area (Å²) in [5.41, 5.74) is 1.34. The predicted molar refractivity (Wildman–Crippen MR) is 164 cm³/mol. The van der Waals surface area contributed by atoms with E-state index in [2.05, 4.69) is 14.7 Å². The van der Waals surface area contributed by atoms with Crippen molar-refractivity contribution in [1.29, 1.82) is 0 Å². The van der Waals surface area contributed by atoms with E-state index in [1.165, 1.54) is 18.7 Å². The Morgan fingerprint density at radius 3 is 2.36 bits per heavy atom. The minimum absolute atomic E-state index is 0.0350. The number of benzene rings is 2. The molecule has 2 heterocycles. The number of amides is 1. The van der Waals surface area contributed by atoms with E-state index in [0.29, 0.717) is 43.1 Å². The fourth-order valence-electron chi connectivity index (χ4n) is 5.98. The largest absolute Gasteiger partial charge is 0.418 e. The average molecular weight is 628 g/mol. The molecule has 44 heavy (non-hydrogen) atoms. The Morgan fingerprint density at radius 1 is 1.00 bits per heavy atom. The highest BCUT2D eigenvalue weighted by atomic mass is 32.2. The molecule has 2 fully saturated rings. The van der Waals surface area contributed by atoms with Crippen molar-refractivity contribution in [2.45, 2.75) is 62.6 Å². The number of piperazine rings is 1. The Bertz CT molecular complexity index is 1600. The Labute approximate surface area is 256 Å². The van der Waals surface area contributed by atoms with Crippen molar-refractivity contribution in [1.82, 2.24) is 14.8 Å². The number of rotatable bonds is 8. The number of carbonyl (C=O) groups excluding carboxylic acids is 1. The maximum atomic E-state index is 13.5. The van der Waals surface area contributed by atoms with E-state index in [0.717, 1.165) is 37.3 Å². The zero-order valence-electron chi connectivity index (χ0n) is 24.6. The maximum Gasteiger partial charge on any atom is 0.418 e. The molecule has 1 N–H and O–H groups in total. The molecule has 0 atom stereocenters. The second-order valence-electron chi connectivity index (χ2n) is 11.2. The van der Waals surface area contributed by atoms with Gasteiger partial charge in [0.05, 0.1) is 16.9 Å². The van der Waals surface area contributed by atoms with Crippen LogP contribution in [0.25, 0.3) is 0 Å². The van der Waals surface area contributed by atoms with Crippen molar-refractivity contribution in [3.05, 3.63) is 83.2 Å². The molecule has 12 heteroatoms. The normalized spacial score (nSPS) is 17.2. The summed E-state index contributed by atoms with van der Waals surface area (Å²) in [7, 11) is -3.97. The van der Waals surface area contributed by atoms with Crippen LogP contribution in [0.1, 0.15) is 72.1 Å². The third kappa shape index (κ3) is 7.29. The van der Waals surface area contributed by atoms with Crippen LogP contribution in [0.5, 0.6) is 0 Å². The first kappa shape index (κ1) is 31.6. The van der Waals surface area contributed by atoms with Gasteiger partial charge in [-0.05, 0) is 73.7 Å². The summed E-state index contributed by atoms with van der Waals surface area (Å²) in [6, 6.07) is 13.8. The fraction of sp³-hybridized carbons (Fsp3) is 0.406. The molecule has 0 bridgehead atoms. The minimum atomic E-state index is -4.48. The van der Waals surface area contributed by atoms with Gasteiger partial charge in [-0.1, -0.05) is 31.4 Å². The number of nitrogens with zero attached hydrogens (tertiary/aromatic N) is 4. The molecule has 3 aromatic rings. The predicted octanol–water partition coefficient (Wildman–Crippen LogP) is 6.63. The lowest BCUT2D eigenvalue weighted by atomic mass is 9.83. The van der Waals surface area contributed by atoms with Gasteiger partial charge >= 0.3 is 6.18 Å². The molecule has 1 aromatic heterocycles. The fourth-order valence-corrected chi connectivity index (χ4v) is 7.22. The summed E-state index contributed by atoms with van der Waals surface area (Å²) in [6.07, 6.45) is 3.92. The van der Waals surface area contributed by atoms with Crippen molar-refractivity contribution in [3.8, 4) is 0 Å². The van der Waals surface area contributed by atoms with Gasteiger partial charge in [0.1, 0.15) is 4.90 Å². The molecule has 1 amide bonds. The van der Waals surface area contributed by atoms with Gasteiger partial charge in [0, 0.05) is 56.4 Å². The molecular formula is C32H36F3N5O3S. The molecule has 0 spiro atoms. The molecule has 2 aromatic carbocycles. The number of para-hydroxylation sites is 1. The van der Waals surface area contributed by atoms with Crippen molar-refractivity contribution < 1.29 is 26.4 Å². The van der Waals surface area contributed by atoms with Crippen LogP contribution in [-0.2, 0) is 22.7 Å². The summed E-state index contributed by atoms with van der Waals surface area (Å²) < 4.78 is 69.7. The van der Waals surface area contributed by atoms with E-state index in [1.54, 1.807) is 54.4 Å². The molecule has 1 aliphatic carbocycles. The van der Waals surface area contributed by atoms with Crippen LogP contribution in [0.2, 0.25) is 0 Å². The number of halogens is 3. The van der Waals surface area contributed by atoms with Crippen LogP contribution in [0, 0.1) is 0 Å². The first-order valence-electron chi connectivity index (χ1n) is 14.8. The van der Waals surface area contributed by atoms with E-state index in [1.807, 2.05) is 11.0 Å². The molecule has 0 unspecified atom stereocenters. The second kappa shape index (κ2) is 13.5. The van der Waals surface area contributed by atoms with Gasteiger partial charge in [-0.2, -0.15) is 13.2 Å². The zero-order valence-corrected chi connectivity index (χ0v) is 25.4. The number of alkyl halides is 3. The monoisotopic (exact) mass is 627 g/mol. The van der Waals surface area contributed by atoms with Crippen LogP contribution in [0.3, 0.4) is 0 Å². The first-order valence-corrected chi connectivity index (χ1v) is 16.3. The van der Waals surface area contributed by atoms with E-state index >= 15 is 0 Å². The minimum Gasteiger partial charge on any atom is -0.336 e. The Morgan fingerprint density at radius 2 is 1.70 bits per heavy atom. The number of aromatic nitrogens is 1. The molecule has 5 rings (SSSR count). The first-order chi connectivity index (χ1) is 21.1. The van der Waals surface area contributed by atoms with Gasteiger partial charge in [0.25, 0.3) is 15.9 Å². The summed E-state index contributed by atoms with van der Waals surface area (Å²) >= 11 is 0. The second-order valence-corrected chi connectivity index (χ2v) is 12.8. The number of carbonyl (C=O) groups is 1. The maximum absolute atomic E-state index is 13.5.